The highest BCUT2D eigenvalue weighted by Gasteiger charge is 2.02. The summed E-state index contributed by atoms with van der Waals surface area (Å²) in [5.41, 5.74) is 0.567. The second kappa shape index (κ2) is 5.56. The molecular weight excluding hydrogens is 260 g/mol. The van der Waals surface area contributed by atoms with Crippen LogP contribution in [0.1, 0.15) is 12.5 Å². The Morgan fingerprint density at radius 3 is 3.00 bits per heavy atom. The first-order chi connectivity index (χ1) is 7.15. The van der Waals surface area contributed by atoms with E-state index in [0.717, 1.165) is 0 Å². The maximum atomic E-state index is 11.0. The van der Waals surface area contributed by atoms with Gasteiger partial charge >= 0.3 is 5.97 Å². The molecule has 0 unspecified atom stereocenters. The molecular formula is C11H11BrO3. The molecule has 0 saturated carbocycles. The van der Waals surface area contributed by atoms with Crippen molar-refractivity contribution in [3.63, 3.8) is 0 Å². The molecule has 0 amide bonds. The van der Waals surface area contributed by atoms with E-state index in [9.17, 15) is 9.90 Å². The van der Waals surface area contributed by atoms with Crippen molar-refractivity contribution in [3.05, 3.63) is 34.3 Å². The number of rotatable bonds is 3. The molecule has 0 fully saturated rings. The summed E-state index contributed by atoms with van der Waals surface area (Å²) in [6.45, 7) is 2.08. The van der Waals surface area contributed by atoms with Crippen molar-refractivity contribution in [3.8, 4) is 5.75 Å². The Hall–Kier alpha value is -1.29. The third-order valence-electron chi connectivity index (χ3n) is 1.70. The fraction of sp³-hybridized carbons (Fsp3) is 0.182. The van der Waals surface area contributed by atoms with Crippen molar-refractivity contribution in [2.75, 3.05) is 6.61 Å². The van der Waals surface area contributed by atoms with Crippen LogP contribution in [0.15, 0.2) is 28.7 Å². The van der Waals surface area contributed by atoms with Crippen LogP contribution in [0, 0.1) is 0 Å². The summed E-state index contributed by atoms with van der Waals surface area (Å²) in [5, 5.41) is 9.59. The fourth-order valence-electron chi connectivity index (χ4n) is 1.01. The second-order valence-corrected chi connectivity index (χ2v) is 3.62. The van der Waals surface area contributed by atoms with Crippen molar-refractivity contribution in [2.45, 2.75) is 6.92 Å². The van der Waals surface area contributed by atoms with Crippen LogP contribution >= 0.6 is 15.9 Å². The van der Waals surface area contributed by atoms with Crippen LogP contribution in [-0.2, 0) is 9.53 Å². The van der Waals surface area contributed by atoms with Crippen LogP contribution in [0.2, 0.25) is 0 Å². The van der Waals surface area contributed by atoms with Gasteiger partial charge in [-0.2, -0.15) is 0 Å². The molecule has 1 N–H and O–H groups in total. The van der Waals surface area contributed by atoms with Crippen molar-refractivity contribution in [2.24, 2.45) is 0 Å². The Bertz CT molecular complexity index is 385. The molecule has 15 heavy (non-hydrogen) atoms. The van der Waals surface area contributed by atoms with Gasteiger partial charge in [0.1, 0.15) is 5.75 Å². The number of esters is 1. The van der Waals surface area contributed by atoms with Gasteiger partial charge in [-0.3, -0.25) is 0 Å². The van der Waals surface area contributed by atoms with Crippen LogP contribution in [0.5, 0.6) is 5.75 Å². The third-order valence-corrected chi connectivity index (χ3v) is 2.34. The first-order valence-corrected chi connectivity index (χ1v) is 5.26. The van der Waals surface area contributed by atoms with Gasteiger partial charge in [-0.15, -0.1) is 0 Å². The van der Waals surface area contributed by atoms with Crippen LogP contribution in [0.4, 0.5) is 0 Å². The zero-order valence-electron chi connectivity index (χ0n) is 8.24. The van der Waals surface area contributed by atoms with E-state index in [2.05, 4.69) is 15.9 Å². The predicted molar refractivity (Wildman–Crippen MR) is 61.5 cm³/mol. The Morgan fingerprint density at radius 1 is 1.60 bits per heavy atom. The molecule has 0 aliphatic heterocycles. The number of halogens is 1. The maximum absolute atomic E-state index is 11.0. The molecule has 1 aromatic carbocycles. The minimum Gasteiger partial charge on any atom is -0.506 e. The van der Waals surface area contributed by atoms with Crippen LogP contribution in [-0.4, -0.2) is 17.7 Å². The summed E-state index contributed by atoms with van der Waals surface area (Å²) in [6.07, 6.45) is 2.79. The molecule has 0 saturated heterocycles. The number of hydrogen-bond donors (Lipinski definition) is 1. The molecule has 0 aromatic heterocycles. The molecule has 3 nitrogen and oxygen atoms in total. The van der Waals surface area contributed by atoms with Gasteiger partial charge in [0.2, 0.25) is 0 Å². The van der Waals surface area contributed by atoms with Crippen molar-refractivity contribution < 1.29 is 14.6 Å². The van der Waals surface area contributed by atoms with Gasteiger partial charge in [-0.05, 0) is 35.0 Å². The number of phenols is 1. The smallest absolute Gasteiger partial charge is 0.330 e. The lowest BCUT2D eigenvalue weighted by Crippen LogP contribution is -1.98. The Labute approximate surface area is 96.5 Å². The highest BCUT2D eigenvalue weighted by Crippen LogP contribution is 2.28. The Kier molecular flexibility index (Phi) is 4.37. The SMILES string of the molecule is CCOC(=O)C=Cc1cccc(Br)c1O. The molecule has 1 rings (SSSR count). The summed E-state index contributed by atoms with van der Waals surface area (Å²) in [6, 6.07) is 5.20. The average Bonchev–Trinajstić information content (AvgIpc) is 2.21. The number of hydrogen-bond acceptors (Lipinski definition) is 3. The van der Waals surface area contributed by atoms with Crippen molar-refractivity contribution >= 4 is 28.0 Å². The lowest BCUT2D eigenvalue weighted by atomic mass is 10.2. The second-order valence-electron chi connectivity index (χ2n) is 2.76. The maximum Gasteiger partial charge on any atom is 0.330 e. The van der Waals surface area contributed by atoms with Crippen molar-refractivity contribution in [1.82, 2.24) is 0 Å². The topological polar surface area (TPSA) is 46.5 Å². The first-order valence-electron chi connectivity index (χ1n) is 4.47. The summed E-state index contributed by atoms with van der Waals surface area (Å²) < 4.78 is 5.31. The molecule has 4 heteroatoms. The van der Waals surface area contributed by atoms with Gasteiger partial charge in [0.15, 0.2) is 0 Å². The van der Waals surface area contributed by atoms with Gasteiger partial charge < -0.3 is 9.84 Å². The summed E-state index contributed by atoms with van der Waals surface area (Å²) in [5.74, 6) is -0.310. The van der Waals surface area contributed by atoms with E-state index >= 15 is 0 Å². The molecule has 0 aliphatic carbocycles. The lowest BCUT2D eigenvalue weighted by molar-refractivity contribution is -0.137. The Balaban J connectivity index is 2.81. The first kappa shape index (κ1) is 11.8. The number of carbonyl (C=O) groups excluding carboxylic acids is 1. The van der Waals surface area contributed by atoms with Gasteiger partial charge in [0.25, 0.3) is 0 Å². The quantitative estimate of drug-likeness (QED) is 0.679. The molecule has 0 aliphatic rings. The zero-order valence-corrected chi connectivity index (χ0v) is 9.82. The average molecular weight is 271 g/mol. The summed E-state index contributed by atoms with van der Waals surface area (Å²) >= 11 is 3.18. The van der Waals surface area contributed by atoms with Gasteiger partial charge in [0.05, 0.1) is 11.1 Å². The van der Waals surface area contributed by atoms with E-state index in [-0.39, 0.29) is 5.75 Å². The van der Waals surface area contributed by atoms with Crippen molar-refractivity contribution in [1.29, 1.82) is 0 Å². The lowest BCUT2D eigenvalue weighted by Gasteiger charge is -2.00. The molecule has 0 bridgehead atoms. The fourth-order valence-corrected chi connectivity index (χ4v) is 1.40. The van der Waals surface area contributed by atoms with Gasteiger partial charge in [-0.25, -0.2) is 4.79 Å². The Morgan fingerprint density at radius 2 is 2.33 bits per heavy atom. The molecule has 0 atom stereocenters. The zero-order chi connectivity index (χ0) is 11.3. The van der Waals surface area contributed by atoms with E-state index in [4.69, 9.17) is 4.74 Å². The number of carbonyl (C=O) groups is 1. The largest absolute Gasteiger partial charge is 0.506 e. The van der Waals surface area contributed by atoms with E-state index < -0.39 is 5.97 Å². The molecule has 80 valence electrons. The van der Waals surface area contributed by atoms with E-state index in [1.54, 1.807) is 25.1 Å². The van der Waals surface area contributed by atoms with Crippen LogP contribution in [0.25, 0.3) is 6.08 Å². The highest BCUT2D eigenvalue weighted by atomic mass is 79.9. The van der Waals surface area contributed by atoms with Crippen LogP contribution < -0.4 is 0 Å². The number of para-hydroxylation sites is 1. The molecule has 0 radical (unpaired) electrons. The normalized spacial score (nSPS) is 10.5. The summed E-state index contributed by atoms with van der Waals surface area (Å²) in [4.78, 5) is 11.0. The number of aromatic hydroxyl groups is 1. The third kappa shape index (κ3) is 3.40. The molecule has 0 spiro atoms. The monoisotopic (exact) mass is 270 g/mol. The number of phenolic OH excluding ortho intramolecular Hbond substituents is 1. The number of ether oxygens (including phenoxy) is 1. The highest BCUT2D eigenvalue weighted by molar-refractivity contribution is 9.10. The standard InChI is InChI=1S/C11H11BrO3/c1-2-15-10(13)7-6-8-4-3-5-9(12)11(8)14/h3-7,14H,2H2,1H3. The predicted octanol–water partition coefficient (Wildman–Crippen LogP) is 2.73. The van der Waals surface area contributed by atoms with E-state index in [1.165, 1.54) is 12.2 Å². The number of benzene rings is 1. The minimum absolute atomic E-state index is 0.109. The van der Waals surface area contributed by atoms with Crippen LogP contribution in [0.3, 0.4) is 0 Å². The van der Waals surface area contributed by atoms with Gasteiger partial charge in [-0.1, -0.05) is 12.1 Å². The summed E-state index contributed by atoms with van der Waals surface area (Å²) in [7, 11) is 0. The van der Waals surface area contributed by atoms with E-state index in [0.29, 0.717) is 16.6 Å². The molecule has 0 heterocycles. The van der Waals surface area contributed by atoms with E-state index in [1.807, 2.05) is 0 Å². The minimum atomic E-state index is -0.420. The van der Waals surface area contributed by atoms with Gasteiger partial charge in [0, 0.05) is 11.6 Å². The molecule has 1 aromatic rings.